The Morgan fingerprint density at radius 2 is 1.57 bits per heavy atom. The Kier molecular flexibility index (Phi) is 2.88. The van der Waals surface area contributed by atoms with E-state index in [1.807, 2.05) is 0 Å². The molecule has 0 amide bonds. The molecule has 0 atom stereocenters. The summed E-state index contributed by atoms with van der Waals surface area (Å²) in [6.45, 7) is 0. The predicted octanol–water partition coefficient (Wildman–Crippen LogP) is 5.55. The summed E-state index contributed by atoms with van der Waals surface area (Å²) in [6.07, 6.45) is 2.25. The molecule has 108 valence electrons. The van der Waals surface area contributed by atoms with Gasteiger partial charge in [-0.2, -0.15) is 0 Å². The van der Waals surface area contributed by atoms with Crippen molar-refractivity contribution in [3.8, 4) is 11.1 Å². The van der Waals surface area contributed by atoms with Crippen molar-refractivity contribution in [1.29, 1.82) is 0 Å². The lowest BCUT2D eigenvalue weighted by molar-refractivity contribution is -0.0382. The standard InChI is InChI=1S/C19H18F2/c20-19(21)10-8-13(9-11-19)15-6-3-7-17-16-5-2-1-4-14(16)12-18(15)17/h1-7,13H,8-12H2. The van der Waals surface area contributed by atoms with Gasteiger partial charge in [-0.3, -0.25) is 0 Å². The van der Waals surface area contributed by atoms with Crippen molar-refractivity contribution < 1.29 is 8.78 Å². The quantitative estimate of drug-likeness (QED) is 0.549. The molecule has 4 rings (SSSR count). The molecule has 2 aliphatic carbocycles. The van der Waals surface area contributed by atoms with Crippen molar-refractivity contribution >= 4 is 0 Å². The molecular formula is C19H18F2. The van der Waals surface area contributed by atoms with Gasteiger partial charge in [0.05, 0.1) is 0 Å². The van der Waals surface area contributed by atoms with E-state index >= 15 is 0 Å². The maximum absolute atomic E-state index is 13.4. The van der Waals surface area contributed by atoms with E-state index in [0.717, 1.165) is 6.42 Å². The van der Waals surface area contributed by atoms with Gasteiger partial charge in [0.25, 0.3) is 0 Å². The van der Waals surface area contributed by atoms with E-state index in [1.54, 1.807) is 0 Å². The van der Waals surface area contributed by atoms with Crippen LogP contribution in [0.25, 0.3) is 11.1 Å². The van der Waals surface area contributed by atoms with E-state index < -0.39 is 5.92 Å². The molecule has 1 fully saturated rings. The summed E-state index contributed by atoms with van der Waals surface area (Å²) in [7, 11) is 0. The first-order valence-electron chi connectivity index (χ1n) is 7.72. The summed E-state index contributed by atoms with van der Waals surface area (Å²) in [6, 6.07) is 14.9. The third-order valence-electron chi connectivity index (χ3n) is 5.04. The minimum absolute atomic E-state index is 0.0360. The van der Waals surface area contributed by atoms with Crippen LogP contribution in [0.4, 0.5) is 8.78 Å². The van der Waals surface area contributed by atoms with Crippen LogP contribution in [0.2, 0.25) is 0 Å². The first-order valence-corrected chi connectivity index (χ1v) is 7.72. The molecule has 2 aromatic carbocycles. The highest BCUT2D eigenvalue weighted by Crippen LogP contribution is 2.46. The maximum atomic E-state index is 13.4. The van der Waals surface area contributed by atoms with Crippen LogP contribution in [0.1, 0.15) is 48.3 Å². The van der Waals surface area contributed by atoms with Crippen LogP contribution >= 0.6 is 0 Å². The molecule has 0 aliphatic heterocycles. The zero-order valence-corrected chi connectivity index (χ0v) is 11.9. The monoisotopic (exact) mass is 284 g/mol. The molecule has 2 aliphatic rings. The number of alkyl halides is 2. The zero-order chi connectivity index (χ0) is 14.4. The number of hydrogen-bond acceptors (Lipinski definition) is 0. The van der Waals surface area contributed by atoms with Crippen LogP contribution in [0.15, 0.2) is 42.5 Å². The fourth-order valence-corrected chi connectivity index (χ4v) is 3.92. The smallest absolute Gasteiger partial charge is 0.207 e. The first-order chi connectivity index (χ1) is 10.1. The average molecular weight is 284 g/mol. The summed E-state index contributed by atoms with van der Waals surface area (Å²) in [5.41, 5.74) is 6.66. The van der Waals surface area contributed by atoms with Crippen LogP contribution in [-0.2, 0) is 6.42 Å². The molecule has 0 unspecified atom stereocenters. The minimum Gasteiger partial charge on any atom is -0.207 e. The first kappa shape index (κ1) is 13.0. The van der Waals surface area contributed by atoms with Crippen molar-refractivity contribution in [1.82, 2.24) is 0 Å². The topological polar surface area (TPSA) is 0 Å². The van der Waals surface area contributed by atoms with E-state index in [1.165, 1.54) is 27.8 Å². The van der Waals surface area contributed by atoms with E-state index in [0.29, 0.717) is 18.8 Å². The van der Waals surface area contributed by atoms with E-state index in [-0.39, 0.29) is 12.8 Å². The Morgan fingerprint density at radius 1 is 0.857 bits per heavy atom. The summed E-state index contributed by atoms with van der Waals surface area (Å²) in [5, 5.41) is 0. The summed E-state index contributed by atoms with van der Waals surface area (Å²) in [4.78, 5) is 0. The van der Waals surface area contributed by atoms with Crippen LogP contribution in [0.3, 0.4) is 0 Å². The van der Waals surface area contributed by atoms with Crippen LogP contribution in [-0.4, -0.2) is 5.92 Å². The third kappa shape index (κ3) is 2.17. The Morgan fingerprint density at radius 3 is 2.38 bits per heavy atom. The molecular weight excluding hydrogens is 266 g/mol. The van der Waals surface area contributed by atoms with E-state index in [2.05, 4.69) is 42.5 Å². The molecule has 0 N–H and O–H groups in total. The van der Waals surface area contributed by atoms with Gasteiger partial charge < -0.3 is 0 Å². The van der Waals surface area contributed by atoms with Crippen molar-refractivity contribution in [3.05, 3.63) is 59.2 Å². The summed E-state index contributed by atoms with van der Waals surface area (Å²) in [5.74, 6) is -2.15. The van der Waals surface area contributed by atoms with Gasteiger partial charge in [-0.15, -0.1) is 0 Å². The third-order valence-corrected chi connectivity index (χ3v) is 5.04. The van der Waals surface area contributed by atoms with Gasteiger partial charge in [0, 0.05) is 12.8 Å². The highest BCUT2D eigenvalue weighted by atomic mass is 19.3. The van der Waals surface area contributed by atoms with Crippen LogP contribution < -0.4 is 0 Å². The molecule has 0 aromatic heterocycles. The highest BCUT2D eigenvalue weighted by Gasteiger charge is 2.36. The maximum Gasteiger partial charge on any atom is 0.248 e. The fraction of sp³-hybridized carbons (Fsp3) is 0.368. The second-order valence-electron chi connectivity index (χ2n) is 6.34. The second kappa shape index (κ2) is 4.66. The molecule has 2 aromatic rings. The lowest BCUT2D eigenvalue weighted by atomic mass is 9.79. The average Bonchev–Trinajstić information content (AvgIpc) is 2.86. The van der Waals surface area contributed by atoms with Gasteiger partial charge in [0.15, 0.2) is 0 Å². The largest absolute Gasteiger partial charge is 0.248 e. The molecule has 0 spiro atoms. The second-order valence-corrected chi connectivity index (χ2v) is 6.34. The van der Waals surface area contributed by atoms with Gasteiger partial charge >= 0.3 is 0 Å². The minimum atomic E-state index is -2.45. The van der Waals surface area contributed by atoms with Crippen molar-refractivity contribution in [2.24, 2.45) is 0 Å². The van der Waals surface area contributed by atoms with E-state index in [9.17, 15) is 8.78 Å². The van der Waals surface area contributed by atoms with Gasteiger partial charge in [-0.25, -0.2) is 8.78 Å². The lowest BCUT2D eigenvalue weighted by Crippen LogP contribution is -2.24. The highest BCUT2D eigenvalue weighted by molar-refractivity contribution is 5.78. The number of hydrogen-bond donors (Lipinski definition) is 0. The normalized spacial score (nSPS) is 20.1. The van der Waals surface area contributed by atoms with Crippen molar-refractivity contribution in [2.75, 3.05) is 0 Å². The Hall–Kier alpha value is -1.70. The van der Waals surface area contributed by atoms with Crippen LogP contribution in [0.5, 0.6) is 0 Å². The molecule has 0 nitrogen and oxygen atoms in total. The molecule has 0 saturated heterocycles. The molecule has 0 bridgehead atoms. The van der Waals surface area contributed by atoms with Crippen molar-refractivity contribution in [3.63, 3.8) is 0 Å². The lowest BCUT2D eigenvalue weighted by Gasteiger charge is -2.29. The Bertz CT molecular complexity index is 678. The molecule has 0 radical (unpaired) electrons. The number of halogens is 2. The Balaban J connectivity index is 1.71. The SMILES string of the molecule is FC1(F)CCC(c2cccc3c2Cc2ccccc2-3)CC1. The molecule has 0 heterocycles. The van der Waals surface area contributed by atoms with Gasteiger partial charge in [0.1, 0.15) is 0 Å². The summed E-state index contributed by atoms with van der Waals surface area (Å²) < 4.78 is 26.8. The number of rotatable bonds is 1. The van der Waals surface area contributed by atoms with Gasteiger partial charge in [-0.05, 0) is 53.0 Å². The summed E-state index contributed by atoms with van der Waals surface area (Å²) >= 11 is 0. The van der Waals surface area contributed by atoms with E-state index in [4.69, 9.17) is 0 Å². The van der Waals surface area contributed by atoms with Crippen LogP contribution in [0, 0.1) is 0 Å². The predicted molar refractivity (Wildman–Crippen MR) is 80.8 cm³/mol. The number of fused-ring (bicyclic) bond motifs is 3. The van der Waals surface area contributed by atoms with Crippen molar-refractivity contribution in [2.45, 2.75) is 43.9 Å². The number of benzene rings is 2. The molecule has 1 saturated carbocycles. The van der Waals surface area contributed by atoms with Gasteiger partial charge in [0.2, 0.25) is 5.92 Å². The fourth-order valence-electron chi connectivity index (χ4n) is 3.92. The van der Waals surface area contributed by atoms with Gasteiger partial charge in [-0.1, -0.05) is 42.5 Å². The molecule has 21 heavy (non-hydrogen) atoms. The molecule has 2 heteroatoms. The Labute approximate surface area is 123 Å². The zero-order valence-electron chi connectivity index (χ0n) is 11.9.